The van der Waals surface area contributed by atoms with Crippen molar-refractivity contribution >= 4 is 0 Å². The molecule has 0 amide bonds. The van der Waals surface area contributed by atoms with E-state index in [0.29, 0.717) is 5.56 Å². The molecule has 0 saturated carbocycles. The van der Waals surface area contributed by atoms with Gasteiger partial charge in [-0.1, -0.05) is 42.0 Å². The van der Waals surface area contributed by atoms with E-state index in [4.69, 9.17) is 0 Å². The number of aryl methyl sites for hydroxylation is 1. The van der Waals surface area contributed by atoms with Gasteiger partial charge in [0, 0.05) is 0 Å². The number of hydrogen-bond acceptors (Lipinski definition) is 1. The Morgan fingerprint density at radius 2 is 1.40 bits per heavy atom. The molecule has 4 heteroatoms. The molecule has 0 aliphatic carbocycles. The van der Waals surface area contributed by atoms with Crippen LogP contribution in [-0.4, -0.2) is 5.11 Å². The third-order valence-corrected chi connectivity index (χ3v) is 3.37. The summed E-state index contributed by atoms with van der Waals surface area (Å²) in [6.07, 6.45) is -4.42. The summed E-state index contributed by atoms with van der Waals surface area (Å²) in [6, 6.07) is 11.9. The molecule has 0 aliphatic rings. The lowest BCUT2D eigenvalue weighted by molar-refractivity contribution is -0.137. The van der Waals surface area contributed by atoms with Crippen LogP contribution >= 0.6 is 0 Å². The number of aliphatic hydroxyl groups is 1. The highest BCUT2D eigenvalue weighted by atomic mass is 19.4. The number of halogens is 3. The van der Waals surface area contributed by atoms with Crippen LogP contribution in [0.4, 0.5) is 13.2 Å². The van der Waals surface area contributed by atoms with Crippen molar-refractivity contribution in [2.45, 2.75) is 25.6 Å². The summed E-state index contributed by atoms with van der Waals surface area (Å²) < 4.78 is 38.2. The highest BCUT2D eigenvalue weighted by molar-refractivity contribution is 5.38. The summed E-state index contributed by atoms with van der Waals surface area (Å²) in [4.78, 5) is 0. The van der Waals surface area contributed by atoms with Gasteiger partial charge in [-0.3, -0.25) is 0 Å². The van der Waals surface area contributed by atoms with Crippen LogP contribution in [0.25, 0.3) is 0 Å². The minimum absolute atomic E-state index is 0.219. The number of benzene rings is 2. The van der Waals surface area contributed by atoms with Gasteiger partial charge < -0.3 is 5.11 Å². The Kier molecular flexibility index (Phi) is 3.61. The first kappa shape index (κ1) is 14.6. The van der Waals surface area contributed by atoms with Crippen LogP contribution in [-0.2, 0) is 11.8 Å². The highest BCUT2D eigenvalue weighted by Crippen LogP contribution is 2.34. The summed E-state index contributed by atoms with van der Waals surface area (Å²) in [7, 11) is 0. The summed E-state index contributed by atoms with van der Waals surface area (Å²) in [5.41, 5.74) is -0.427. The van der Waals surface area contributed by atoms with Gasteiger partial charge in [-0.25, -0.2) is 0 Å². The van der Waals surface area contributed by atoms with Gasteiger partial charge in [0.15, 0.2) is 0 Å². The Labute approximate surface area is 115 Å². The van der Waals surface area contributed by atoms with E-state index in [0.717, 1.165) is 17.7 Å². The molecule has 2 aromatic rings. The van der Waals surface area contributed by atoms with Crippen molar-refractivity contribution in [3.8, 4) is 0 Å². The van der Waals surface area contributed by atoms with Crippen molar-refractivity contribution in [1.82, 2.24) is 0 Å². The first-order valence-corrected chi connectivity index (χ1v) is 6.18. The van der Waals surface area contributed by atoms with Gasteiger partial charge in [0.2, 0.25) is 0 Å². The van der Waals surface area contributed by atoms with Gasteiger partial charge in [0.25, 0.3) is 0 Å². The molecule has 0 aliphatic heterocycles. The van der Waals surface area contributed by atoms with E-state index in [1.54, 1.807) is 12.1 Å². The van der Waals surface area contributed by atoms with Crippen molar-refractivity contribution in [2.24, 2.45) is 0 Å². The fraction of sp³-hybridized carbons (Fsp3) is 0.250. The molecule has 0 saturated heterocycles. The molecule has 1 atom stereocenters. The summed E-state index contributed by atoms with van der Waals surface area (Å²) in [5, 5.41) is 10.6. The first-order valence-electron chi connectivity index (χ1n) is 6.18. The Hall–Kier alpha value is -1.81. The van der Waals surface area contributed by atoms with E-state index in [1.807, 2.05) is 19.1 Å². The standard InChI is InChI=1S/C16H15F3O/c1-11-6-8-12(9-7-11)15(2,20)13-4-3-5-14(10-13)16(17,18)19/h3-10,20H,1-2H3. The quantitative estimate of drug-likeness (QED) is 0.871. The monoisotopic (exact) mass is 280 g/mol. The molecule has 106 valence electrons. The maximum Gasteiger partial charge on any atom is 0.416 e. The van der Waals surface area contributed by atoms with E-state index in [9.17, 15) is 18.3 Å². The second-order valence-electron chi connectivity index (χ2n) is 5.02. The zero-order valence-electron chi connectivity index (χ0n) is 11.2. The van der Waals surface area contributed by atoms with Crippen LogP contribution in [0.1, 0.15) is 29.2 Å². The van der Waals surface area contributed by atoms with Crippen LogP contribution in [0.5, 0.6) is 0 Å². The zero-order chi connectivity index (χ0) is 15.0. The molecule has 0 fully saturated rings. The zero-order valence-corrected chi connectivity index (χ0v) is 11.2. The minimum atomic E-state index is -4.42. The molecule has 1 nitrogen and oxygen atoms in total. The van der Waals surface area contributed by atoms with Crippen LogP contribution in [0.3, 0.4) is 0 Å². The lowest BCUT2D eigenvalue weighted by atomic mass is 9.87. The molecule has 1 N–H and O–H groups in total. The van der Waals surface area contributed by atoms with Gasteiger partial charge in [-0.2, -0.15) is 13.2 Å². The Balaban J connectivity index is 2.46. The van der Waals surface area contributed by atoms with Gasteiger partial charge in [0.05, 0.1) is 5.56 Å². The maximum absolute atomic E-state index is 12.7. The average molecular weight is 280 g/mol. The third-order valence-electron chi connectivity index (χ3n) is 3.37. The van der Waals surface area contributed by atoms with Gasteiger partial charge in [-0.15, -0.1) is 0 Å². The van der Waals surface area contributed by atoms with Crippen molar-refractivity contribution in [1.29, 1.82) is 0 Å². The predicted molar refractivity (Wildman–Crippen MR) is 71.3 cm³/mol. The van der Waals surface area contributed by atoms with Gasteiger partial charge >= 0.3 is 6.18 Å². The van der Waals surface area contributed by atoms with Crippen molar-refractivity contribution < 1.29 is 18.3 Å². The van der Waals surface area contributed by atoms with E-state index < -0.39 is 17.3 Å². The van der Waals surface area contributed by atoms with Crippen LogP contribution in [0.15, 0.2) is 48.5 Å². The molecule has 0 spiro atoms. The third kappa shape index (κ3) is 2.85. The topological polar surface area (TPSA) is 20.2 Å². The van der Waals surface area contributed by atoms with Crippen LogP contribution in [0, 0.1) is 6.92 Å². The largest absolute Gasteiger partial charge is 0.416 e. The summed E-state index contributed by atoms with van der Waals surface area (Å²) in [6.45, 7) is 3.40. The fourth-order valence-corrected chi connectivity index (χ4v) is 2.04. The molecule has 1 unspecified atom stereocenters. The molecule has 0 radical (unpaired) electrons. The highest BCUT2D eigenvalue weighted by Gasteiger charge is 2.33. The fourth-order valence-electron chi connectivity index (χ4n) is 2.04. The van der Waals surface area contributed by atoms with Crippen molar-refractivity contribution in [3.05, 3.63) is 70.8 Å². The van der Waals surface area contributed by atoms with Gasteiger partial charge in [-0.05, 0) is 37.1 Å². The van der Waals surface area contributed by atoms with E-state index >= 15 is 0 Å². The van der Waals surface area contributed by atoms with E-state index in [1.165, 1.54) is 19.1 Å². The number of rotatable bonds is 2. The van der Waals surface area contributed by atoms with E-state index in [2.05, 4.69) is 0 Å². The smallest absolute Gasteiger partial charge is 0.381 e. The molecule has 2 aromatic carbocycles. The van der Waals surface area contributed by atoms with Crippen LogP contribution < -0.4 is 0 Å². The van der Waals surface area contributed by atoms with E-state index in [-0.39, 0.29) is 5.56 Å². The van der Waals surface area contributed by atoms with Crippen molar-refractivity contribution in [3.63, 3.8) is 0 Å². The summed E-state index contributed by atoms with van der Waals surface area (Å²) in [5.74, 6) is 0. The molecular weight excluding hydrogens is 265 g/mol. The average Bonchev–Trinajstić information content (AvgIpc) is 2.38. The Morgan fingerprint density at radius 1 is 0.850 bits per heavy atom. The number of hydrogen-bond donors (Lipinski definition) is 1. The second kappa shape index (κ2) is 4.94. The summed E-state index contributed by atoms with van der Waals surface area (Å²) >= 11 is 0. The molecule has 0 aromatic heterocycles. The molecule has 0 bridgehead atoms. The molecule has 2 rings (SSSR count). The maximum atomic E-state index is 12.7. The second-order valence-corrected chi connectivity index (χ2v) is 5.02. The lowest BCUT2D eigenvalue weighted by Crippen LogP contribution is -2.23. The van der Waals surface area contributed by atoms with Crippen LogP contribution in [0.2, 0.25) is 0 Å². The first-order chi connectivity index (χ1) is 9.21. The normalized spacial score (nSPS) is 14.9. The Bertz CT molecular complexity index is 598. The molecule has 20 heavy (non-hydrogen) atoms. The SMILES string of the molecule is Cc1ccc(C(C)(O)c2cccc(C(F)(F)F)c2)cc1. The molecule has 0 heterocycles. The van der Waals surface area contributed by atoms with Crippen molar-refractivity contribution in [2.75, 3.05) is 0 Å². The minimum Gasteiger partial charge on any atom is -0.381 e. The van der Waals surface area contributed by atoms with Gasteiger partial charge in [0.1, 0.15) is 5.60 Å². The lowest BCUT2D eigenvalue weighted by Gasteiger charge is -2.25. The number of alkyl halides is 3. The molecular formula is C16H15F3O. The predicted octanol–water partition coefficient (Wildman–Crippen LogP) is 4.27. The Morgan fingerprint density at radius 3 is 1.95 bits per heavy atom.